The lowest BCUT2D eigenvalue weighted by molar-refractivity contribution is -0.144. The number of amides is 3. The summed E-state index contributed by atoms with van der Waals surface area (Å²) in [6.07, 6.45) is -4.92. The monoisotopic (exact) mass is 511 g/mol. The zero-order valence-corrected chi connectivity index (χ0v) is 19.6. The van der Waals surface area contributed by atoms with Crippen LogP contribution in [-0.4, -0.2) is 67.2 Å². The Morgan fingerprint density at radius 1 is 1.23 bits per heavy atom. The third-order valence-corrected chi connectivity index (χ3v) is 6.78. The minimum atomic E-state index is -4.48. The lowest BCUT2D eigenvalue weighted by atomic mass is 9.94. The van der Waals surface area contributed by atoms with Crippen molar-refractivity contribution in [1.29, 1.82) is 0 Å². The molecule has 8 nitrogen and oxygen atoms in total. The Kier molecular flexibility index (Phi) is 7.31. The molecule has 3 heterocycles. The SMILES string of the molecule is CN1C(=O)c2cc(NC(=O)c3cccs3)ccc2OC[C@H]2O[C@H](CC(=O)NCC(F)(F)F)CC[C@H]21. The predicted molar refractivity (Wildman–Crippen MR) is 122 cm³/mol. The first-order valence-corrected chi connectivity index (χ1v) is 11.9. The van der Waals surface area contributed by atoms with Gasteiger partial charge in [0.2, 0.25) is 5.91 Å². The third-order valence-electron chi connectivity index (χ3n) is 5.91. The fourth-order valence-corrected chi connectivity index (χ4v) is 4.80. The Balaban J connectivity index is 1.43. The number of halogens is 3. The Bertz CT molecular complexity index is 1090. The number of alkyl halides is 3. The molecule has 1 saturated heterocycles. The Morgan fingerprint density at radius 2 is 2.03 bits per heavy atom. The molecule has 12 heteroatoms. The highest BCUT2D eigenvalue weighted by Crippen LogP contribution is 2.32. The number of rotatable bonds is 5. The van der Waals surface area contributed by atoms with Gasteiger partial charge < -0.3 is 25.0 Å². The van der Waals surface area contributed by atoms with E-state index in [1.165, 1.54) is 11.3 Å². The smallest absolute Gasteiger partial charge is 0.405 e. The van der Waals surface area contributed by atoms with Crippen LogP contribution in [0.25, 0.3) is 0 Å². The van der Waals surface area contributed by atoms with Crippen molar-refractivity contribution in [2.75, 3.05) is 25.5 Å². The molecular formula is C23H24F3N3O5S. The summed E-state index contributed by atoms with van der Waals surface area (Å²) < 4.78 is 48.8. The zero-order chi connectivity index (χ0) is 25.2. The summed E-state index contributed by atoms with van der Waals surface area (Å²) in [5, 5.41) is 6.43. The minimum absolute atomic E-state index is 0.0941. The van der Waals surface area contributed by atoms with E-state index >= 15 is 0 Å². The number of ether oxygens (including phenoxy) is 2. The van der Waals surface area contributed by atoms with Crippen LogP contribution < -0.4 is 15.4 Å². The first-order valence-electron chi connectivity index (χ1n) is 11.0. The summed E-state index contributed by atoms with van der Waals surface area (Å²) in [4.78, 5) is 39.6. The van der Waals surface area contributed by atoms with Crippen LogP contribution in [0.3, 0.4) is 0 Å². The van der Waals surface area contributed by atoms with Gasteiger partial charge in [0.15, 0.2) is 0 Å². The fourth-order valence-electron chi connectivity index (χ4n) is 4.18. The van der Waals surface area contributed by atoms with Gasteiger partial charge in [0.25, 0.3) is 11.8 Å². The summed E-state index contributed by atoms with van der Waals surface area (Å²) >= 11 is 1.31. The zero-order valence-electron chi connectivity index (χ0n) is 18.8. The average Bonchev–Trinajstić information content (AvgIpc) is 3.35. The second-order valence-electron chi connectivity index (χ2n) is 8.41. The number of nitrogens with zero attached hydrogens (tertiary/aromatic N) is 1. The molecule has 188 valence electrons. The summed E-state index contributed by atoms with van der Waals surface area (Å²) in [6.45, 7) is -1.30. The number of carbonyl (C=O) groups is 3. The second-order valence-corrected chi connectivity index (χ2v) is 9.35. The summed E-state index contributed by atoms with van der Waals surface area (Å²) in [6, 6.07) is 7.93. The predicted octanol–water partition coefficient (Wildman–Crippen LogP) is 3.45. The molecule has 2 N–H and O–H groups in total. The number of thiophene rings is 1. The number of likely N-dealkylation sites (N-methyl/N-ethyl adjacent to an activating group) is 1. The topological polar surface area (TPSA) is 97.0 Å². The Labute approximate surface area is 203 Å². The van der Waals surface area contributed by atoms with Gasteiger partial charge in [0.1, 0.15) is 25.0 Å². The van der Waals surface area contributed by atoms with Gasteiger partial charge in [-0.2, -0.15) is 13.2 Å². The molecule has 0 radical (unpaired) electrons. The summed E-state index contributed by atoms with van der Waals surface area (Å²) in [5.74, 6) is -1.02. The molecule has 0 bridgehead atoms. The first-order chi connectivity index (χ1) is 16.6. The van der Waals surface area contributed by atoms with E-state index in [0.717, 1.165) is 0 Å². The van der Waals surface area contributed by atoms with Crippen molar-refractivity contribution in [3.05, 3.63) is 46.2 Å². The quantitative estimate of drug-likeness (QED) is 0.641. The maximum Gasteiger partial charge on any atom is 0.405 e. The van der Waals surface area contributed by atoms with Crippen molar-refractivity contribution < 1.29 is 37.0 Å². The van der Waals surface area contributed by atoms with Gasteiger partial charge in [0.05, 0.1) is 29.0 Å². The molecule has 2 aliphatic heterocycles. The van der Waals surface area contributed by atoms with E-state index in [1.807, 2.05) is 5.32 Å². The maximum atomic E-state index is 13.3. The maximum absolute atomic E-state index is 13.3. The van der Waals surface area contributed by atoms with E-state index < -0.39 is 30.8 Å². The van der Waals surface area contributed by atoms with Crippen molar-refractivity contribution in [3.8, 4) is 5.75 Å². The van der Waals surface area contributed by atoms with Gasteiger partial charge >= 0.3 is 6.18 Å². The van der Waals surface area contributed by atoms with Gasteiger partial charge in [-0.1, -0.05) is 6.07 Å². The highest BCUT2D eigenvalue weighted by atomic mass is 32.1. The first kappa shape index (κ1) is 25.0. The van der Waals surface area contributed by atoms with Gasteiger partial charge in [-0.25, -0.2) is 0 Å². The van der Waals surface area contributed by atoms with E-state index in [0.29, 0.717) is 34.7 Å². The van der Waals surface area contributed by atoms with E-state index in [-0.39, 0.29) is 30.9 Å². The molecule has 4 rings (SSSR count). The van der Waals surface area contributed by atoms with E-state index in [1.54, 1.807) is 47.7 Å². The molecule has 0 unspecified atom stereocenters. The number of anilines is 1. The lowest BCUT2D eigenvalue weighted by Crippen LogP contribution is -2.54. The van der Waals surface area contributed by atoms with E-state index in [9.17, 15) is 27.6 Å². The molecule has 2 aliphatic rings. The molecule has 3 amide bonds. The number of hydrogen-bond donors (Lipinski definition) is 2. The third kappa shape index (κ3) is 6.12. The van der Waals surface area contributed by atoms with E-state index in [4.69, 9.17) is 9.47 Å². The van der Waals surface area contributed by atoms with Crippen LogP contribution >= 0.6 is 11.3 Å². The van der Waals surface area contributed by atoms with Crippen molar-refractivity contribution in [3.63, 3.8) is 0 Å². The molecule has 0 aliphatic carbocycles. The van der Waals surface area contributed by atoms with Crippen LogP contribution in [0.1, 0.15) is 39.3 Å². The number of fused-ring (bicyclic) bond motifs is 2. The lowest BCUT2D eigenvalue weighted by Gasteiger charge is -2.42. The van der Waals surface area contributed by atoms with Gasteiger partial charge in [0, 0.05) is 12.7 Å². The van der Waals surface area contributed by atoms with Crippen molar-refractivity contribution in [2.24, 2.45) is 0 Å². The molecule has 2 aromatic rings. The van der Waals surface area contributed by atoms with Crippen molar-refractivity contribution in [2.45, 2.75) is 43.7 Å². The summed E-state index contributed by atoms with van der Waals surface area (Å²) in [5.41, 5.74) is 0.748. The standard InChI is InChI=1S/C23H24F3N3O5S/c1-29-16-6-5-14(10-20(30)27-12-23(24,25)26)34-18(16)11-33-17-7-4-13(9-15(17)22(29)32)28-21(31)19-3-2-8-35-19/h2-4,7-9,14,16,18H,5-6,10-12H2,1H3,(H,27,30)(H,28,31)/t14-,16+,18+/m0/s1. The van der Waals surface area contributed by atoms with Crippen molar-refractivity contribution >= 4 is 34.7 Å². The van der Waals surface area contributed by atoms with Crippen LogP contribution in [0.2, 0.25) is 0 Å². The normalized spacial score (nSPS) is 22.2. The largest absolute Gasteiger partial charge is 0.490 e. The second kappa shape index (κ2) is 10.2. The summed E-state index contributed by atoms with van der Waals surface area (Å²) in [7, 11) is 1.64. The van der Waals surface area contributed by atoms with Gasteiger partial charge in [-0.3, -0.25) is 14.4 Å². The molecular weight excluding hydrogens is 487 g/mol. The van der Waals surface area contributed by atoms with Crippen molar-refractivity contribution in [1.82, 2.24) is 10.2 Å². The number of hydrogen-bond acceptors (Lipinski definition) is 6. The Hall–Kier alpha value is -3.12. The molecule has 1 aromatic carbocycles. The highest BCUT2D eigenvalue weighted by Gasteiger charge is 2.39. The van der Waals surface area contributed by atoms with Gasteiger partial charge in [-0.15, -0.1) is 11.3 Å². The van der Waals surface area contributed by atoms with Gasteiger partial charge in [-0.05, 0) is 42.5 Å². The van der Waals surface area contributed by atoms with Crippen LogP contribution in [-0.2, 0) is 9.53 Å². The molecule has 3 atom stereocenters. The van der Waals surface area contributed by atoms with Crippen LogP contribution in [0, 0.1) is 0 Å². The Morgan fingerprint density at radius 3 is 2.74 bits per heavy atom. The number of carbonyl (C=O) groups excluding carboxylic acids is 3. The minimum Gasteiger partial charge on any atom is -0.490 e. The molecule has 1 aromatic heterocycles. The molecule has 0 spiro atoms. The average molecular weight is 512 g/mol. The molecule has 1 fully saturated rings. The highest BCUT2D eigenvalue weighted by molar-refractivity contribution is 7.12. The fraction of sp³-hybridized carbons (Fsp3) is 0.435. The van der Waals surface area contributed by atoms with E-state index in [2.05, 4.69) is 5.32 Å². The van der Waals surface area contributed by atoms with Crippen LogP contribution in [0.5, 0.6) is 5.75 Å². The molecule has 0 saturated carbocycles. The molecule has 35 heavy (non-hydrogen) atoms. The number of benzene rings is 1. The van der Waals surface area contributed by atoms with Crippen LogP contribution in [0.4, 0.5) is 18.9 Å². The van der Waals surface area contributed by atoms with Crippen LogP contribution in [0.15, 0.2) is 35.7 Å². The number of nitrogens with one attached hydrogen (secondary N) is 2.